The molecule has 212 valence electrons. The number of aromatic nitrogens is 2. The van der Waals surface area contributed by atoms with Gasteiger partial charge < -0.3 is 30.7 Å². The number of carbonyl (C=O) groups is 3. The second-order valence-electron chi connectivity index (χ2n) is 9.09. The van der Waals surface area contributed by atoms with Crippen LogP contribution < -0.4 is 30.7 Å². The highest BCUT2D eigenvalue weighted by molar-refractivity contribution is 5.92. The van der Waals surface area contributed by atoms with E-state index >= 15 is 0 Å². The quantitative estimate of drug-likeness (QED) is 0.284. The Balaban J connectivity index is 1.71. The summed E-state index contributed by atoms with van der Waals surface area (Å²) in [5, 5.41) is 10.9. The molecule has 1 heterocycles. The average Bonchev–Trinajstić information content (AvgIpc) is 2.89. The van der Waals surface area contributed by atoms with Crippen LogP contribution in [-0.4, -0.2) is 58.6 Å². The molecule has 4 N–H and O–H groups in total. The number of hydrogen-bond acceptors (Lipinski definition) is 9. The summed E-state index contributed by atoms with van der Waals surface area (Å²) in [5.74, 6) is -0.445. The first kappa shape index (κ1) is 29.6. The van der Waals surface area contributed by atoms with E-state index in [1.807, 2.05) is 0 Å². The lowest BCUT2D eigenvalue weighted by molar-refractivity contribution is -0.122. The van der Waals surface area contributed by atoms with Crippen LogP contribution in [0.4, 0.5) is 37.1 Å². The Hall–Kier alpha value is -4.94. The van der Waals surface area contributed by atoms with Gasteiger partial charge in [-0.1, -0.05) is 12.1 Å². The van der Waals surface area contributed by atoms with Gasteiger partial charge in [0.05, 0.1) is 6.20 Å². The molecular weight excluding hydrogens is 521 g/mol. The van der Waals surface area contributed by atoms with Gasteiger partial charge in [-0.05, 0) is 52.0 Å². The number of nitrogens with zero attached hydrogens (tertiary/aromatic N) is 3. The summed E-state index contributed by atoms with van der Waals surface area (Å²) in [5.41, 5.74) is 0.929. The Bertz CT molecular complexity index is 1350. The smallest absolute Gasteiger partial charge is 0.423 e. The van der Waals surface area contributed by atoms with E-state index in [2.05, 4.69) is 31.2 Å². The normalized spacial score (nSPS) is 10.6. The molecule has 0 bridgehead atoms. The van der Waals surface area contributed by atoms with Gasteiger partial charge in [-0.2, -0.15) is 4.98 Å². The van der Waals surface area contributed by atoms with Crippen molar-refractivity contribution in [3.8, 4) is 11.5 Å². The minimum absolute atomic E-state index is 0.0960. The van der Waals surface area contributed by atoms with Gasteiger partial charge in [0.1, 0.15) is 11.5 Å². The minimum atomic E-state index is -0.855. The topological polar surface area (TPSA) is 147 Å². The molecule has 0 atom stereocenters. The van der Waals surface area contributed by atoms with E-state index in [0.717, 1.165) is 11.1 Å². The number of halogens is 1. The number of ether oxygens (including phenoxy) is 2. The number of nitrogens with one attached hydrogen (secondary N) is 4. The molecular formula is C27H32FN7O5. The highest BCUT2D eigenvalue weighted by Gasteiger charge is 2.27. The van der Waals surface area contributed by atoms with Crippen molar-refractivity contribution < 1.29 is 28.2 Å². The number of hydrogen-bond donors (Lipinski definition) is 4. The summed E-state index contributed by atoms with van der Waals surface area (Å²) in [6, 6.07) is 11.8. The van der Waals surface area contributed by atoms with Gasteiger partial charge in [0.2, 0.25) is 5.95 Å². The van der Waals surface area contributed by atoms with E-state index in [1.54, 1.807) is 64.1 Å². The van der Waals surface area contributed by atoms with Crippen molar-refractivity contribution in [3.05, 3.63) is 60.5 Å². The average molecular weight is 554 g/mol. The van der Waals surface area contributed by atoms with Crippen LogP contribution in [0.25, 0.3) is 0 Å². The van der Waals surface area contributed by atoms with Crippen molar-refractivity contribution in [2.75, 3.05) is 24.3 Å². The molecule has 0 saturated carbocycles. The van der Waals surface area contributed by atoms with Gasteiger partial charge in [-0.3, -0.25) is 4.79 Å². The molecule has 0 fully saturated rings. The molecule has 3 rings (SSSR count). The Labute approximate surface area is 231 Å². The van der Waals surface area contributed by atoms with Crippen LogP contribution in [-0.2, 0) is 4.79 Å². The van der Waals surface area contributed by atoms with Crippen molar-refractivity contribution in [2.24, 2.45) is 0 Å². The maximum absolute atomic E-state index is 14.6. The van der Waals surface area contributed by atoms with E-state index in [1.165, 1.54) is 19.2 Å². The largest absolute Gasteiger partial charge is 0.484 e. The molecule has 12 nitrogen and oxygen atoms in total. The molecule has 0 aliphatic carbocycles. The molecule has 0 unspecified atom stereocenters. The second kappa shape index (κ2) is 13.7. The lowest BCUT2D eigenvalue weighted by atomic mass is 10.3. The third-order valence-electron chi connectivity index (χ3n) is 5.13. The summed E-state index contributed by atoms with van der Waals surface area (Å²) >= 11 is 0. The molecule has 0 aliphatic rings. The molecule has 40 heavy (non-hydrogen) atoms. The zero-order chi connectivity index (χ0) is 29.2. The Morgan fingerprint density at radius 1 is 0.975 bits per heavy atom. The summed E-state index contributed by atoms with van der Waals surface area (Å²) < 4.78 is 25.4. The maximum atomic E-state index is 14.6. The first-order valence-corrected chi connectivity index (χ1v) is 12.5. The number of amides is 4. The summed E-state index contributed by atoms with van der Waals surface area (Å²) in [6.45, 7) is 6.81. The molecule has 3 aromatic rings. The molecule has 0 spiro atoms. The van der Waals surface area contributed by atoms with E-state index in [-0.39, 0.29) is 36.1 Å². The summed E-state index contributed by atoms with van der Waals surface area (Å²) in [6.07, 6.45) is 0.146. The third-order valence-corrected chi connectivity index (χ3v) is 5.13. The van der Waals surface area contributed by atoms with E-state index in [9.17, 15) is 18.8 Å². The molecule has 0 radical (unpaired) electrons. The van der Waals surface area contributed by atoms with Crippen LogP contribution in [0.3, 0.4) is 0 Å². The van der Waals surface area contributed by atoms with E-state index in [4.69, 9.17) is 9.47 Å². The van der Waals surface area contributed by atoms with Gasteiger partial charge in [0, 0.05) is 42.6 Å². The fourth-order valence-electron chi connectivity index (χ4n) is 3.30. The summed E-state index contributed by atoms with van der Waals surface area (Å²) in [7, 11) is 1.51. The first-order chi connectivity index (χ1) is 19.0. The fraction of sp³-hybridized carbons (Fsp3) is 0.296. The highest BCUT2D eigenvalue weighted by atomic mass is 19.1. The number of anilines is 4. The van der Waals surface area contributed by atoms with E-state index < -0.39 is 24.0 Å². The van der Waals surface area contributed by atoms with Crippen LogP contribution in [0.15, 0.2) is 54.7 Å². The van der Waals surface area contributed by atoms with Crippen molar-refractivity contribution in [1.82, 2.24) is 25.5 Å². The second-order valence-corrected chi connectivity index (χ2v) is 9.09. The standard InChI is InChI=1S/C27H32FN7O5/c1-16(2)31-26(37)35(17(3)4)27(38)40-21-11-7-8-18(13-21)32-24-22(28)14-30-25(34-24)33-19-9-6-10-20(12-19)39-15-23(36)29-5/h6-14,16-17H,15H2,1-5H3,(H,29,36)(H,31,37)(H2,30,32,33,34). The Morgan fingerprint density at radius 3 is 2.27 bits per heavy atom. The van der Waals surface area contributed by atoms with Crippen LogP contribution in [0.1, 0.15) is 27.7 Å². The Kier molecular flexibility index (Phi) is 10.2. The number of carbonyl (C=O) groups excluding carboxylic acids is 3. The van der Waals surface area contributed by atoms with Crippen molar-refractivity contribution in [2.45, 2.75) is 39.8 Å². The maximum Gasteiger partial charge on any atom is 0.423 e. The zero-order valence-corrected chi connectivity index (χ0v) is 22.8. The number of urea groups is 1. The monoisotopic (exact) mass is 553 g/mol. The lowest BCUT2D eigenvalue weighted by Gasteiger charge is -2.25. The van der Waals surface area contributed by atoms with Gasteiger partial charge in [-0.15, -0.1) is 0 Å². The number of imide groups is 1. The van der Waals surface area contributed by atoms with Crippen LogP contribution in [0.2, 0.25) is 0 Å². The molecule has 0 saturated heterocycles. The van der Waals surface area contributed by atoms with Crippen molar-refractivity contribution in [1.29, 1.82) is 0 Å². The molecule has 2 aromatic carbocycles. The molecule has 13 heteroatoms. The van der Waals surface area contributed by atoms with Crippen molar-refractivity contribution >= 4 is 41.2 Å². The molecule has 4 amide bonds. The SMILES string of the molecule is CNC(=O)COc1cccc(Nc2ncc(F)c(Nc3cccc(OC(=O)N(C(=O)NC(C)C)C(C)C)c3)n2)c1. The molecule has 1 aromatic heterocycles. The molecule has 0 aliphatic heterocycles. The zero-order valence-electron chi connectivity index (χ0n) is 22.8. The van der Waals surface area contributed by atoms with E-state index in [0.29, 0.717) is 17.1 Å². The highest BCUT2D eigenvalue weighted by Crippen LogP contribution is 2.25. The number of likely N-dealkylation sites (N-methyl/N-ethyl adjacent to an activating group) is 1. The predicted octanol–water partition coefficient (Wildman–Crippen LogP) is 4.55. The Morgan fingerprint density at radius 2 is 1.62 bits per heavy atom. The van der Waals surface area contributed by atoms with Gasteiger partial charge in [0.25, 0.3) is 5.91 Å². The minimum Gasteiger partial charge on any atom is -0.484 e. The fourth-order valence-corrected chi connectivity index (χ4v) is 3.30. The van der Waals surface area contributed by atoms with Crippen LogP contribution in [0.5, 0.6) is 11.5 Å². The predicted molar refractivity (Wildman–Crippen MR) is 148 cm³/mol. The van der Waals surface area contributed by atoms with Crippen LogP contribution >= 0.6 is 0 Å². The van der Waals surface area contributed by atoms with Gasteiger partial charge in [0.15, 0.2) is 18.2 Å². The number of benzene rings is 2. The van der Waals surface area contributed by atoms with Crippen molar-refractivity contribution in [3.63, 3.8) is 0 Å². The first-order valence-electron chi connectivity index (χ1n) is 12.5. The van der Waals surface area contributed by atoms with Crippen LogP contribution in [0, 0.1) is 5.82 Å². The summed E-state index contributed by atoms with van der Waals surface area (Å²) in [4.78, 5) is 45.7. The third kappa shape index (κ3) is 8.55. The lowest BCUT2D eigenvalue weighted by Crippen LogP contribution is -2.50. The number of rotatable bonds is 10. The van der Waals surface area contributed by atoms with Gasteiger partial charge in [-0.25, -0.2) is 23.9 Å². The van der Waals surface area contributed by atoms with Gasteiger partial charge >= 0.3 is 12.1 Å².